The average Bonchev–Trinajstić information content (AvgIpc) is 2.10. The van der Waals surface area contributed by atoms with E-state index in [9.17, 15) is 0 Å². The monoisotopic (exact) mass is 181 g/mol. The maximum atomic E-state index is 5.25. The molecule has 1 rings (SSSR count). The molecule has 0 N–H and O–H groups in total. The first-order valence-electron chi connectivity index (χ1n) is 3.80. The first-order valence-corrected chi connectivity index (χ1v) is 5.12. The van der Waals surface area contributed by atoms with Gasteiger partial charge in [0.2, 0.25) is 0 Å². The van der Waals surface area contributed by atoms with E-state index in [1.54, 1.807) is 14.2 Å². The Labute approximate surface area is 75.0 Å². The van der Waals surface area contributed by atoms with Crippen LogP contribution in [0.4, 0.5) is 0 Å². The van der Waals surface area contributed by atoms with Gasteiger partial charge in [-0.3, -0.25) is 0 Å². The number of hydrogen-bond donors (Lipinski definition) is 0. The molecule has 3 heteroatoms. The Balaban J connectivity index is 2.92. The van der Waals surface area contributed by atoms with E-state index in [4.69, 9.17) is 8.85 Å². The zero-order valence-electron chi connectivity index (χ0n) is 7.63. The lowest BCUT2D eigenvalue weighted by Crippen LogP contribution is -2.36. The highest BCUT2D eigenvalue weighted by atomic mass is 28.3. The minimum atomic E-state index is -1.23. The van der Waals surface area contributed by atoms with E-state index >= 15 is 0 Å². The highest BCUT2D eigenvalue weighted by Crippen LogP contribution is 1.96. The van der Waals surface area contributed by atoms with Gasteiger partial charge in [0.15, 0.2) is 0 Å². The molecule has 0 saturated heterocycles. The van der Waals surface area contributed by atoms with E-state index in [-0.39, 0.29) is 0 Å². The third-order valence-corrected chi connectivity index (χ3v) is 3.48. The third kappa shape index (κ3) is 1.94. The Hall–Kier alpha value is -0.643. The van der Waals surface area contributed by atoms with Crippen LogP contribution in [0.5, 0.6) is 0 Å². The molecule has 1 aromatic rings. The Morgan fingerprint density at radius 3 is 2.17 bits per heavy atom. The fourth-order valence-electron chi connectivity index (χ4n) is 1.11. The topological polar surface area (TPSA) is 18.5 Å². The standard InChI is InChI=1S/C9H13O2Si/c1-8-6-4-5-7-9(8)12(10-2)11-3/h4-7H,1-3H3. The zero-order chi connectivity index (χ0) is 8.97. The summed E-state index contributed by atoms with van der Waals surface area (Å²) < 4.78 is 10.5. The molecular weight excluding hydrogens is 168 g/mol. The van der Waals surface area contributed by atoms with Crippen molar-refractivity contribution in [2.24, 2.45) is 0 Å². The van der Waals surface area contributed by atoms with Crippen LogP contribution in [0.2, 0.25) is 0 Å². The summed E-state index contributed by atoms with van der Waals surface area (Å²) in [5, 5.41) is 1.19. The van der Waals surface area contributed by atoms with Gasteiger partial charge in [0, 0.05) is 14.2 Å². The summed E-state index contributed by atoms with van der Waals surface area (Å²) in [6.45, 7) is 2.07. The first-order chi connectivity index (χ1) is 5.79. The fraction of sp³-hybridized carbons (Fsp3) is 0.333. The van der Waals surface area contributed by atoms with Crippen molar-refractivity contribution in [1.82, 2.24) is 0 Å². The number of rotatable bonds is 3. The molecule has 0 aliphatic heterocycles. The molecule has 0 aromatic heterocycles. The zero-order valence-corrected chi connectivity index (χ0v) is 8.63. The minimum Gasteiger partial charge on any atom is -0.393 e. The van der Waals surface area contributed by atoms with Crippen molar-refractivity contribution < 1.29 is 8.85 Å². The van der Waals surface area contributed by atoms with Gasteiger partial charge in [0.1, 0.15) is 0 Å². The van der Waals surface area contributed by atoms with Crippen LogP contribution in [-0.2, 0) is 8.85 Å². The lowest BCUT2D eigenvalue weighted by molar-refractivity contribution is 0.292. The van der Waals surface area contributed by atoms with Gasteiger partial charge in [0.25, 0.3) is 0 Å². The molecule has 0 heterocycles. The molecule has 0 amide bonds. The van der Waals surface area contributed by atoms with Gasteiger partial charge in [-0.15, -0.1) is 0 Å². The summed E-state index contributed by atoms with van der Waals surface area (Å²) in [6, 6.07) is 8.14. The first kappa shape index (κ1) is 9.44. The lowest BCUT2D eigenvalue weighted by atomic mass is 10.2. The van der Waals surface area contributed by atoms with Gasteiger partial charge in [-0.05, 0) is 17.7 Å². The summed E-state index contributed by atoms with van der Waals surface area (Å²) in [5.41, 5.74) is 1.23. The van der Waals surface area contributed by atoms with E-state index in [0.717, 1.165) is 0 Å². The second-order valence-corrected chi connectivity index (χ2v) is 4.44. The molecule has 0 atom stereocenters. The van der Waals surface area contributed by atoms with Gasteiger partial charge in [-0.1, -0.05) is 24.3 Å². The second kappa shape index (κ2) is 4.40. The van der Waals surface area contributed by atoms with Crippen LogP contribution < -0.4 is 5.19 Å². The molecule has 0 aliphatic rings. The third-order valence-electron chi connectivity index (χ3n) is 1.74. The maximum absolute atomic E-state index is 5.25. The molecule has 0 fully saturated rings. The van der Waals surface area contributed by atoms with Crippen LogP contribution >= 0.6 is 0 Å². The van der Waals surface area contributed by atoms with E-state index in [0.29, 0.717) is 0 Å². The molecule has 0 aliphatic carbocycles. The molecule has 0 bridgehead atoms. The summed E-state index contributed by atoms with van der Waals surface area (Å²) in [6.07, 6.45) is 0. The smallest absolute Gasteiger partial charge is 0.393 e. The van der Waals surface area contributed by atoms with Crippen molar-refractivity contribution in [3.05, 3.63) is 29.8 Å². The van der Waals surface area contributed by atoms with Gasteiger partial charge in [-0.2, -0.15) is 0 Å². The van der Waals surface area contributed by atoms with Gasteiger partial charge < -0.3 is 8.85 Å². The van der Waals surface area contributed by atoms with Crippen LogP contribution in [0.15, 0.2) is 24.3 Å². The summed E-state index contributed by atoms with van der Waals surface area (Å²) in [4.78, 5) is 0. The summed E-state index contributed by atoms with van der Waals surface area (Å²) in [7, 11) is 2.14. The Morgan fingerprint density at radius 2 is 1.67 bits per heavy atom. The summed E-state index contributed by atoms with van der Waals surface area (Å²) >= 11 is 0. The average molecular weight is 181 g/mol. The normalized spacial score (nSPS) is 10.7. The van der Waals surface area contributed by atoms with Crippen molar-refractivity contribution >= 4 is 14.5 Å². The van der Waals surface area contributed by atoms with Gasteiger partial charge in [0.05, 0.1) is 0 Å². The molecule has 0 saturated carbocycles. The largest absolute Gasteiger partial charge is 0.423 e. The minimum absolute atomic E-state index is 1.19. The van der Waals surface area contributed by atoms with Crippen molar-refractivity contribution in [2.75, 3.05) is 14.2 Å². The van der Waals surface area contributed by atoms with Crippen molar-refractivity contribution in [2.45, 2.75) is 6.92 Å². The van der Waals surface area contributed by atoms with Gasteiger partial charge >= 0.3 is 9.28 Å². The van der Waals surface area contributed by atoms with E-state index in [2.05, 4.69) is 19.1 Å². The second-order valence-electron chi connectivity index (χ2n) is 2.51. The van der Waals surface area contributed by atoms with Crippen LogP contribution in [0.1, 0.15) is 5.56 Å². The van der Waals surface area contributed by atoms with Gasteiger partial charge in [-0.25, -0.2) is 0 Å². The molecule has 0 unspecified atom stereocenters. The maximum Gasteiger partial charge on any atom is 0.423 e. The number of hydrogen-bond acceptors (Lipinski definition) is 2. The van der Waals surface area contributed by atoms with Crippen LogP contribution in [-0.4, -0.2) is 23.5 Å². The van der Waals surface area contributed by atoms with E-state index in [1.807, 2.05) is 12.1 Å². The predicted octanol–water partition coefficient (Wildman–Crippen LogP) is 0.983. The molecule has 0 spiro atoms. The van der Waals surface area contributed by atoms with Crippen molar-refractivity contribution in [3.63, 3.8) is 0 Å². The Morgan fingerprint density at radius 1 is 1.08 bits per heavy atom. The fourth-order valence-corrected chi connectivity index (χ4v) is 2.35. The molecule has 2 nitrogen and oxygen atoms in total. The highest BCUT2D eigenvalue weighted by Gasteiger charge is 2.16. The van der Waals surface area contributed by atoms with Crippen LogP contribution in [0.3, 0.4) is 0 Å². The quantitative estimate of drug-likeness (QED) is 0.647. The van der Waals surface area contributed by atoms with Crippen molar-refractivity contribution in [3.8, 4) is 0 Å². The predicted molar refractivity (Wildman–Crippen MR) is 50.6 cm³/mol. The Kier molecular flexibility index (Phi) is 3.46. The van der Waals surface area contributed by atoms with E-state index < -0.39 is 9.28 Å². The molecular formula is C9H13O2Si. The van der Waals surface area contributed by atoms with E-state index in [1.165, 1.54) is 10.8 Å². The summed E-state index contributed by atoms with van der Waals surface area (Å²) in [5.74, 6) is 0. The number of aryl methyl sites for hydroxylation is 1. The van der Waals surface area contributed by atoms with Crippen LogP contribution in [0, 0.1) is 6.92 Å². The molecule has 1 radical (unpaired) electrons. The Bertz CT molecular complexity index is 246. The molecule has 12 heavy (non-hydrogen) atoms. The lowest BCUT2D eigenvalue weighted by Gasteiger charge is -2.11. The highest BCUT2D eigenvalue weighted by molar-refractivity contribution is 6.61. The number of benzene rings is 1. The van der Waals surface area contributed by atoms with Crippen LogP contribution in [0.25, 0.3) is 0 Å². The molecule has 65 valence electrons. The SMILES string of the molecule is CO[Si](OC)c1ccccc1C. The molecule has 1 aromatic carbocycles. The van der Waals surface area contributed by atoms with Crippen molar-refractivity contribution in [1.29, 1.82) is 0 Å².